The molecule has 0 aromatic carbocycles. The second kappa shape index (κ2) is 11.5. The van der Waals surface area contributed by atoms with Gasteiger partial charge in [0.1, 0.15) is 16.5 Å². The zero-order chi connectivity index (χ0) is 26.7. The molecule has 0 saturated carbocycles. The number of rotatable bonds is 10. The zero-order valence-corrected chi connectivity index (χ0v) is 23.2. The molecule has 0 bridgehead atoms. The molecule has 3 rings (SSSR count). The minimum absolute atomic E-state index is 0.00524. The number of thioether (sulfide) groups is 1. The number of nitrogens with two attached hydrogens (primary N) is 1. The van der Waals surface area contributed by atoms with E-state index in [1.807, 2.05) is 34.6 Å². The Hall–Kier alpha value is -2.86. The Balaban J connectivity index is 1.89. The van der Waals surface area contributed by atoms with Crippen LogP contribution in [0.4, 0.5) is 11.5 Å². The standard InChI is InChI=1S/C24H34N6O4S2/c1-7-8-9-29-19(25)18(21(32)28-24(29)34)30(10-12(2)3)23(33)15(6)35-11-16-26-20(31)17-13(4)14(5)36-22(17)27-16/h12,15H,7-11,25H2,1-6H3,(H,26,27,31)(H,28,32,34)/t15-/m1/s1. The molecular formula is C24H34N6O4S2. The molecule has 1 amide bonds. The molecule has 0 aliphatic carbocycles. The number of nitrogens with zero attached hydrogens (tertiary/aromatic N) is 3. The van der Waals surface area contributed by atoms with Crippen LogP contribution < -0.4 is 27.4 Å². The summed E-state index contributed by atoms with van der Waals surface area (Å²) in [4.78, 5) is 64.1. The van der Waals surface area contributed by atoms with Crippen LogP contribution >= 0.6 is 23.1 Å². The minimum Gasteiger partial charge on any atom is -0.383 e. The zero-order valence-electron chi connectivity index (χ0n) is 21.6. The number of carbonyl (C=O) groups is 1. The van der Waals surface area contributed by atoms with Crippen molar-refractivity contribution in [2.24, 2.45) is 5.92 Å². The summed E-state index contributed by atoms with van der Waals surface area (Å²) >= 11 is 2.78. The van der Waals surface area contributed by atoms with Crippen LogP contribution in [0.15, 0.2) is 14.4 Å². The molecule has 0 radical (unpaired) electrons. The van der Waals surface area contributed by atoms with E-state index in [-0.39, 0.29) is 35.4 Å². The third-order valence-corrected chi connectivity index (χ3v) is 8.18. The molecule has 0 aliphatic heterocycles. The number of nitrogens with one attached hydrogen (secondary N) is 2. The SMILES string of the molecule is CCCCn1c(N)c(N(CC(C)C)C(=O)[C@@H](C)SCc2nc3sc(C)c(C)c3c(=O)[nH]2)c(=O)[nH]c1=O. The second-order valence-electron chi connectivity index (χ2n) is 9.27. The first kappa shape index (κ1) is 27.7. The quantitative estimate of drug-likeness (QED) is 0.362. The fraction of sp³-hybridized carbons (Fsp3) is 0.542. The van der Waals surface area contributed by atoms with Crippen molar-refractivity contribution in [3.8, 4) is 0 Å². The van der Waals surface area contributed by atoms with E-state index in [1.54, 1.807) is 6.92 Å². The van der Waals surface area contributed by atoms with E-state index in [4.69, 9.17) is 5.73 Å². The van der Waals surface area contributed by atoms with Crippen molar-refractivity contribution >= 4 is 50.7 Å². The number of H-pyrrole nitrogens is 2. The Bertz CT molecular complexity index is 1440. The number of aryl methyl sites for hydroxylation is 2. The number of fused-ring (bicyclic) bond motifs is 1. The molecule has 4 N–H and O–H groups in total. The smallest absolute Gasteiger partial charge is 0.330 e. The lowest BCUT2D eigenvalue weighted by atomic mass is 10.2. The number of hydrogen-bond donors (Lipinski definition) is 3. The molecular weight excluding hydrogens is 500 g/mol. The van der Waals surface area contributed by atoms with E-state index < -0.39 is 16.5 Å². The van der Waals surface area contributed by atoms with E-state index in [2.05, 4.69) is 15.0 Å². The third kappa shape index (κ3) is 5.75. The first-order valence-electron chi connectivity index (χ1n) is 12.0. The molecule has 1 atom stereocenters. The van der Waals surface area contributed by atoms with Gasteiger partial charge in [-0.2, -0.15) is 0 Å². The molecule has 10 nitrogen and oxygen atoms in total. The van der Waals surface area contributed by atoms with Gasteiger partial charge in [0.05, 0.1) is 16.4 Å². The van der Waals surface area contributed by atoms with Gasteiger partial charge < -0.3 is 15.6 Å². The highest BCUT2D eigenvalue weighted by Crippen LogP contribution is 2.27. The highest BCUT2D eigenvalue weighted by molar-refractivity contribution is 7.99. The highest BCUT2D eigenvalue weighted by Gasteiger charge is 2.29. The van der Waals surface area contributed by atoms with Gasteiger partial charge in [-0.05, 0) is 38.7 Å². The Morgan fingerprint density at radius 1 is 1.17 bits per heavy atom. The molecule has 12 heteroatoms. The molecule has 196 valence electrons. The van der Waals surface area contributed by atoms with Gasteiger partial charge >= 0.3 is 5.69 Å². The maximum Gasteiger partial charge on any atom is 0.330 e. The first-order chi connectivity index (χ1) is 17.0. The van der Waals surface area contributed by atoms with Crippen LogP contribution in [0.1, 0.15) is 56.8 Å². The van der Waals surface area contributed by atoms with Gasteiger partial charge in [-0.3, -0.25) is 23.9 Å². The van der Waals surface area contributed by atoms with E-state index in [0.29, 0.717) is 34.8 Å². The fourth-order valence-corrected chi connectivity index (χ4v) is 5.76. The Kier molecular flexibility index (Phi) is 8.83. The average molecular weight is 535 g/mol. The van der Waals surface area contributed by atoms with Gasteiger partial charge in [-0.1, -0.05) is 27.2 Å². The molecule has 3 aromatic rings. The van der Waals surface area contributed by atoms with Crippen molar-refractivity contribution in [2.45, 2.75) is 71.9 Å². The summed E-state index contributed by atoms with van der Waals surface area (Å²) in [5.74, 6) is 0.526. The average Bonchev–Trinajstić information content (AvgIpc) is 3.09. The van der Waals surface area contributed by atoms with Crippen LogP contribution in [0, 0.1) is 19.8 Å². The fourth-order valence-electron chi connectivity index (χ4n) is 3.90. The van der Waals surface area contributed by atoms with Gasteiger partial charge in [0, 0.05) is 18.0 Å². The molecule has 0 fully saturated rings. The van der Waals surface area contributed by atoms with Crippen LogP contribution in [0.5, 0.6) is 0 Å². The number of anilines is 2. The van der Waals surface area contributed by atoms with Crippen molar-refractivity contribution in [1.29, 1.82) is 0 Å². The van der Waals surface area contributed by atoms with Gasteiger partial charge in [0.25, 0.3) is 11.1 Å². The van der Waals surface area contributed by atoms with Crippen molar-refractivity contribution in [3.05, 3.63) is 47.5 Å². The van der Waals surface area contributed by atoms with Gasteiger partial charge in [0.15, 0.2) is 5.69 Å². The summed E-state index contributed by atoms with van der Waals surface area (Å²) in [7, 11) is 0. The summed E-state index contributed by atoms with van der Waals surface area (Å²) in [5.41, 5.74) is 5.75. The summed E-state index contributed by atoms with van der Waals surface area (Å²) in [6.45, 7) is 12.1. The van der Waals surface area contributed by atoms with Gasteiger partial charge in [0.2, 0.25) is 5.91 Å². The normalized spacial score (nSPS) is 12.4. The van der Waals surface area contributed by atoms with Crippen LogP contribution in [-0.2, 0) is 17.1 Å². The van der Waals surface area contributed by atoms with Crippen molar-refractivity contribution in [3.63, 3.8) is 0 Å². The van der Waals surface area contributed by atoms with Crippen LogP contribution in [0.2, 0.25) is 0 Å². The van der Waals surface area contributed by atoms with E-state index in [9.17, 15) is 19.2 Å². The van der Waals surface area contributed by atoms with Crippen molar-refractivity contribution < 1.29 is 4.79 Å². The number of thiophene rings is 1. The Morgan fingerprint density at radius 2 is 1.86 bits per heavy atom. The van der Waals surface area contributed by atoms with E-state index in [0.717, 1.165) is 16.9 Å². The van der Waals surface area contributed by atoms with Crippen LogP contribution in [0.3, 0.4) is 0 Å². The monoisotopic (exact) mass is 534 g/mol. The summed E-state index contributed by atoms with van der Waals surface area (Å²) in [5, 5.41) is 0.0396. The third-order valence-electron chi connectivity index (χ3n) is 5.94. The summed E-state index contributed by atoms with van der Waals surface area (Å²) < 4.78 is 1.31. The first-order valence-corrected chi connectivity index (χ1v) is 13.9. The Labute approximate surface area is 217 Å². The predicted molar refractivity (Wildman–Crippen MR) is 148 cm³/mol. The number of aromatic nitrogens is 4. The molecule has 0 aliphatic rings. The highest BCUT2D eigenvalue weighted by atomic mass is 32.2. The number of nitrogen functional groups attached to an aromatic ring is 1. The number of aromatic amines is 2. The molecule has 0 spiro atoms. The lowest BCUT2D eigenvalue weighted by Crippen LogP contribution is -2.45. The number of amides is 1. The van der Waals surface area contributed by atoms with Crippen molar-refractivity contribution in [2.75, 3.05) is 17.2 Å². The number of hydrogen-bond acceptors (Lipinski definition) is 8. The molecule has 3 heterocycles. The Morgan fingerprint density at radius 3 is 2.50 bits per heavy atom. The number of unbranched alkanes of at least 4 members (excludes halogenated alkanes) is 1. The number of carbonyl (C=O) groups excluding carboxylic acids is 1. The van der Waals surface area contributed by atoms with Crippen LogP contribution in [-0.4, -0.2) is 37.2 Å². The largest absolute Gasteiger partial charge is 0.383 e. The molecule has 0 saturated heterocycles. The second-order valence-corrected chi connectivity index (χ2v) is 11.8. The van der Waals surface area contributed by atoms with Gasteiger partial charge in [-0.15, -0.1) is 23.1 Å². The lowest BCUT2D eigenvalue weighted by molar-refractivity contribution is -0.118. The maximum absolute atomic E-state index is 13.6. The summed E-state index contributed by atoms with van der Waals surface area (Å²) in [6.07, 6.45) is 1.55. The molecule has 0 unspecified atom stereocenters. The van der Waals surface area contributed by atoms with Crippen molar-refractivity contribution in [1.82, 2.24) is 19.5 Å². The van der Waals surface area contributed by atoms with Crippen LogP contribution in [0.25, 0.3) is 10.2 Å². The lowest BCUT2D eigenvalue weighted by Gasteiger charge is -2.28. The van der Waals surface area contributed by atoms with E-state index >= 15 is 0 Å². The molecule has 3 aromatic heterocycles. The topological polar surface area (TPSA) is 147 Å². The minimum atomic E-state index is -0.684. The predicted octanol–water partition coefficient (Wildman–Crippen LogP) is 3.14. The molecule has 36 heavy (non-hydrogen) atoms. The van der Waals surface area contributed by atoms with Gasteiger partial charge in [-0.25, -0.2) is 9.78 Å². The summed E-state index contributed by atoms with van der Waals surface area (Å²) in [6, 6.07) is 0. The van der Waals surface area contributed by atoms with E-state index in [1.165, 1.54) is 32.6 Å². The maximum atomic E-state index is 13.6.